The molecule has 0 saturated carbocycles. The van der Waals surface area contributed by atoms with Crippen LogP contribution in [0.1, 0.15) is 49.9 Å². The predicted octanol–water partition coefficient (Wildman–Crippen LogP) is 4.78. The highest BCUT2D eigenvalue weighted by Crippen LogP contribution is 2.29. The molecule has 42 heavy (non-hydrogen) atoms. The predicted molar refractivity (Wildman–Crippen MR) is 149 cm³/mol. The number of rotatable bonds is 7. The molecule has 1 unspecified atom stereocenters. The van der Waals surface area contributed by atoms with Gasteiger partial charge in [0.15, 0.2) is 0 Å². The first-order valence-electron chi connectivity index (χ1n) is 12.6. The van der Waals surface area contributed by atoms with Crippen LogP contribution in [0.25, 0.3) is 10.9 Å². The van der Waals surface area contributed by atoms with E-state index in [1.54, 1.807) is 25.3 Å². The van der Waals surface area contributed by atoms with Crippen molar-refractivity contribution in [3.05, 3.63) is 100 Å². The smallest absolute Gasteiger partial charge is 0.467 e. The summed E-state index contributed by atoms with van der Waals surface area (Å²) in [7, 11) is 1.15. The van der Waals surface area contributed by atoms with E-state index in [0.29, 0.717) is 22.3 Å². The fourth-order valence-corrected chi connectivity index (χ4v) is 4.46. The summed E-state index contributed by atoms with van der Waals surface area (Å²) >= 11 is 0. The molecule has 1 aromatic heterocycles. The molecule has 4 rings (SSSR count). The normalized spacial score (nSPS) is 12.5. The number of halogens is 3. The van der Waals surface area contributed by atoms with E-state index in [1.807, 2.05) is 24.3 Å². The molecule has 2 amide bonds. The van der Waals surface area contributed by atoms with Crippen molar-refractivity contribution < 1.29 is 37.0 Å². The number of aromatic nitrogens is 1. The Hall–Kier alpha value is -5.24. The third kappa shape index (κ3) is 6.72. The van der Waals surface area contributed by atoms with Gasteiger partial charge < -0.3 is 25.5 Å². The second-order valence-electron chi connectivity index (χ2n) is 9.72. The summed E-state index contributed by atoms with van der Waals surface area (Å²) in [5.74, 6) is 2.51. The number of benzene rings is 3. The SMILES string of the molecule is COC(=O)C(C)(Cc1c[nH]c2ccccc12)NC(=O)c1cc(C#Cc2ccc(C(N)=O)cc2C)ccc1OC(F)(F)F. The van der Waals surface area contributed by atoms with Gasteiger partial charge in [0.05, 0.1) is 12.7 Å². The van der Waals surface area contributed by atoms with E-state index in [0.717, 1.165) is 30.1 Å². The Morgan fingerprint density at radius 2 is 1.76 bits per heavy atom. The maximum atomic E-state index is 13.5. The molecule has 0 fully saturated rings. The van der Waals surface area contributed by atoms with Crippen LogP contribution in [0, 0.1) is 18.8 Å². The monoisotopic (exact) mass is 577 g/mol. The van der Waals surface area contributed by atoms with Crippen LogP contribution in [0.5, 0.6) is 5.75 Å². The summed E-state index contributed by atoms with van der Waals surface area (Å²) in [4.78, 5) is 40.9. The molecule has 0 aliphatic carbocycles. The molecule has 0 aliphatic heterocycles. The van der Waals surface area contributed by atoms with Crippen molar-refractivity contribution in [3.63, 3.8) is 0 Å². The van der Waals surface area contributed by atoms with Crippen molar-refractivity contribution in [2.75, 3.05) is 7.11 Å². The number of hydrogen-bond acceptors (Lipinski definition) is 5. The van der Waals surface area contributed by atoms with Gasteiger partial charge >= 0.3 is 12.3 Å². The van der Waals surface area contributed by atoms with Crippen LogP contribution in [0.4, 0.5) is 13.2 Å². The minimum Gasteiger partial charge on any atom is -0.467 e. The Morgan fingerprint density at radius 1 is 1.02 bits per heavy atom. The van der Waals surface area contributed by atoms with Gasteiger partial charge in [0.25, 0.3) is 5.91 Å². The topological polar surface area (TPSA) is 124 Å². The molecule has 1 heterocycles. The number of nitrogens with two attached hydrogens (primary N) is 1. The van der Waals surface area contributed by atoms with Gasteiger partial charge in [0.1, 0.15) is 11.3 Å². The summed E-state index contributed by atoms with van der Waals surface area (Å²) in [6.07, 6.45) is -3.42. The first-order chi connectivity index (χ1) is 19.8. The van der Waals surface area contributed by atoms with Crippen LogP contribution in [-0.4, -0.2) is 41.8 Å². The van der Waals surface area contributed by atoms with Crippen LogP contribution >= 0.6 is 0 Å². The minimum atomic E-state index is -5.09. The maximum absolute atomic E-state index is 13.5. The van der Waals surface area contributed by atoms with E-state index in [-0.39, 0.29) is 12.0 Å². The van der Waals surface area contributed by atoms with Gasteiger partial charge in [0.2, 0.25) is 5.91 Å². The van der Waals surface area contributed by atoms with E-state index < -0.39 is 41.0 Å². The van der Waals surface area contributed by atoms with Gasteiger partial charge in [-0.15, -0.1) is 13.2 Å². The number of aromatic amines is 1. The van der Waals surface area contributed by atoms with Crippen molar-refractivity contribution in [2.45, 2.75) is 32.2 Å². The van der Waals surface area contributed by atoms with E-state index in [9.17, 15) is 27.6 Å². The van der Waals surface area contributed by atoms with E-state index >= 15 is 0 Å². The quantitative estimate of drug-likeness (QED) is 0.216. The molecule has 0 aliphatic rings. The Morgan fingerprint density at radius 3 is 2.43 bits per heavy atom. The number of hydrogen-bond donors (Lipinski definition) is 3. The molecule has 4 aromatic rings. The van der Waals surface area contributed by atoms with Crippen molar-refractivity contribution in [1.82, 2.24) is 10.3 Å². The summed E-state index contributed by atoms with van der Waals surface area (Å²) in [6, 6.07) is 15.4. The molecule has 8 nitrogen and oxygen atoms in total. The lowest BCUT2D eigenvalue weighted by Crippen LogP contribution is -2.54. The number of H-pyrrole nitrogens is 1. The van der Waals surface area contributed by atoms with E-state index in [4.69, 9.17) is 10.5 Å². The van der Waals surface area contributed by atoms with Crippen molar-refractivity contribution >= 4 is 28.7 Å². The molecule has 0 bridgehead atoms. The average molecular weight is 578 g/mol. The van der Waals surface area contributed by atoms with Crippen LogP contribution in [0.3, 0.4) is 0 Å². The fraction of sp³-hybridized carbons (Fsp3) is 0.194. The van der Waals surface area contributed by atoms with Gasteiger partial charge in [-0.3, -0.25) is 9.59 Å². The molecular weight excluding hydrogens is 551 g/mol. The minimum absolute atomic E-state index is 0.0229. The number of amides is 2. The molecule has 3 aromatic carbocycles. The number of carbonyl (C=O) groups excluding carboxylic acids is 3. The summed E-state index contributed by atoms with van der Waals surface area (Å²) in [5, 5.41) is 3.35. The molecule has 0 saturated heterocycles. The Labute approximate surface area is 239 Å². The largest absolute Gasteiger partial charge is 0.573 e. The van der Waals surface area contributed by atoms with Crippen LogP contribution in [0.2, 0.25) is 0 Å². The number of primary amides is 1. The lowest BCUT2D eigenvalue weighted by atomic mass is 9.91. The Balaban J connectivity index is 1.70. The molecule has 11 heteroatoms. The number of aryl methyl sites for hydroxylation is 1. The van der Waals surface area contributed by atoms with Crippen LogP contribution in [-0.2, 0) is 16.0 Å². The Kier molecular flexibility index (Phi) is 8.29. The number of carbonyl (C=O) groups is 3. The number of nitrogens with one attached hydrogen (secondary N) is 2. The zero-order valence-corrected chi connectivity index (χ0v) is 22.8. The number of methoxy groups -OCH3 is 1. The van der Waals surface area contributed by atoms with Crippen LogP contribution < -0.4 is 15.8 Å². The van der Waals surface area contributed by atoms with Gasteiger partial charge in [0, 0.05) is 40.2 Å². The zero-order valence-electron chi connectivity index (χ0n) is 22.8. The van der Waals surface area contributed by atoms with E-state index in [1.165, 1.54) is 19.1 Å². The maximum Gasteiger partial charge on any atom is 0.573 e. The highest BCUT2D eigenvalue weighted by atomic mass is 19.4. The van der Waals surface area contributed by atoms with Gasteiger partial charge in [-0.25, -0.2) is 4.79 Å². The lowest BCUT2D eigenvalue weighted by Gasteiger charge is -2.28. The molecule has 0 spiro atoms. The Bertz CT molecular complexity index is 1750. The molecule has 4 N–H and O–H groups in total. The number of fused-ring (bicyclic) bond motifs is 1. The van der Waals surface area contributed by atoms with Gasteiger partial charge in [-0.1, -0.05) is 30.0 Å². The number of esters is 1. The summed E-state index contributed by atoms with van der Waals surface area (Å²) in [6.45, 7) is 3.14. The molecule has 1 atom stereocenters. The van der Waals surface area contributed by atoms with Gasteiger partial charge in [-0.2, -0.15) is 0 Å². The lowest BCUT2D eigenvalue weighted by molar-refractivity contribution is -0.274. The third-order valence-corrected chi connectivity index (χ3v) is 6.55. The second-order valence-corrected chi connectivity index (χ2v) is 9.72. The van der Waals surface area contributed by atoms with Crippen molar-refractivity contribution in [1.29, 1.82) is 0 Å². The average Bonchev–Trinajstić information content (AvgIpc) is 3.33. The number of ether oxygens (including phenoxy) is 2. The first kappa shape index (κ1) is 29.7. The summed E-state index contributed by atoms with van der Waals surface area (Å²) < 4.78 is 48.7. The number of para-hydroxylation sites is 1. The van der Waals surface area contributed by atoms with E-state index in [2.05, 4.69) is 26.9 Å². The fourth-order valence-electron chi connectivity index (χ4n) is 4.46. The standard InChI is InChI=1S/C31H26F3N3O5/c1-18-14-21(27(35)38)12-11-20(18)10-8-19-9-13-26(42-31(32,33)34)24(15-19)28(39)37-30(2,29(40)41-3)16-22-17-36-25-7-5-4-6-23(22)25/h4-7,9,11-15,17,36H,16H2,1-3H3,(H2,35,38)(H,37,39). The molecule has 216 valence electrons. The highest BCUT2D eigenvalue weighted by molar-refractivity contribution is 6.01. The first-order valence-corrected chi connectivity index (χ1v) is 12.6. The van der Waals surface area contributed by atoms with Gasteiger partial charge in [-0.05, 0) is 67.4 Å². The number of alkyl halides is 3. The molecular formula is C31H26F3N3O5. The third-order valence-electron chi connectivity index (χ3n) is 6.55. The zero-order chi connectivity index (χ0) is 30.7. The molecule has 0 radical (unpaired) electrons. The highest BCUT2D eigenvalue weighted by Gasteiger charge is 2.39. The van der Waals surface area contributed by atoms with Crippen molar-refractivity contribution in [2.24, 2.45) is 5.73 Å². The second kappa shape index (κ2) is 11.7. The van der Waals surface area contributed by atoms with Crippen LogP contribution in [0.15, 0.2) is 66.9 Å². The summed E-state index contributed by atoms with van der Waals surface area (Å²) in [5.41, 5.74) is 6.32. The van der Waals surface area contributed by atoms with Crippen molar-refractivity contribution in [3.8, 4) is 17.6 Å².